The third-order valence-corrected chi connectivity index (χ3v) is 6.20. The number of anilines is 1. The van der Waals surface area contributed by atoms with E-state index in [2.05, 4.69) is 5.32 Å². The van der Waals surface area contributed by atoms with E-state index in [9.17, 15) is 27.2 Å². The number of rotatable bonds is 6. The maximum Gasteiger partial charge on any atom is 0.263 e. The van der Waals surface area contributed by atoms with Crippen LogP contribution in [0.3, 0.4) is 0 Å². The summed E-state index contributed by atoms with van der Waals surface area (Å²) < 4.78 is 37.3. The second-order valence-corrected chi connectivity index (χ2v) is 8.43. The summed E-state index contributed by atoms with van der Waals surface area (Å²) >= 11 is 0. The van der Waals surface area contributed by atoms with Gasteiger partial charge in [-0.2, -0.15) is 0 Å². The predicted octanol–water partition coefficient (Wildman–Crippen LogP) is 2.24. The summed E-state index contributed by atoms with van der Waals surface area (Å²) in [4.78, 5) is 37.3. The quantitative estimate of drug-likeness (QED) is 0.588. The van der Waals surface area contributed by atoms with E-state index < -0.39 is 33.4 Å². The highest BCUT2D eigenvalue weighted by Gasteiger charge is 2.35. The molecule has 28 heavy (non-hydrogen) atoms. The van der Waals surface area contributed by atoms with E-state index in [4.69, 9.17) is 0 Å². The Bertz CT molecular complexity index is 1060. The lowest BCUT2D eigenvalue weighted by Gasteiger charge is -2.09. The van der Waals surface area contributed by atoms with Gasteiger partial charge in [-0.05, 0) is 42.8 Å². The number of benzene rings is 2. The molecule has 1 aliphatic rings. The first-order chi connectivity index (χ1) is 13.2. The molecule has 3 amide bonds. The van der Waals surface area contributed by atoms with Crippen molar-refractivity contribution in [2.45, 2.75) is 17.7 Å². The summed E-state index contributed by atoms with van der Waals surface area (Å²) in [6, 6.07) is 9.04. The minimum atomic E-state index is -3.63. The maximum absolute atomic E-state index is 12.9. The minimum Gasteiger partial charge on any atom is -0.325 e. The fourth-order valence-electron chi connectivity index (χ4n) is 2.90. The van der Waals surface area contributed by atoms with E-state index in [0.29, 0.717) is 0 Å². The van der Waals surface area contributed by atoms with Crippen molar-refractivity contribution >= 4 is 33.2 Å². The molecule has 0 saturated carbocycles. The van der Waals surface area contributed by atoms with E-state index in [0.717, 1.165) is 17.0 Å². The van der Waals surface area contributed by atoms with Crippen LogP contribution in [-0.4, -0.2) is 43.8 Å². The molecule has 0 bridgehead atoms. The first-order valence-corrected chi connectivity index (χ1v) is 10.1. The van der Waals surface area contributed by atoms with Gasteiger partial charge in [-0.25, -0.2) is 12.8 Å². The lowest BCUT2D eigenvalue weighted by Crippen LogP contribution is -2.24. The Kier molecular flexibility index (Phi) is 5.28. The fourth-order valence-corrected chi connectivity index (χ4v) is 4.21. The number of sulfone groups is 1. The average molecular weight is 404 g/mol. The van der Waals surface area contributed by atoms with Crippen LogP contribution in [-0.2, 0) is 14.6 Å². The number of halogens is 1. The number of fused-ring (bicyclic) bond motifs is 1. The fraction of sp³-hybridized carbons (Fsp3) is 0.211. The lowest BCUT2D eigenvalue weighted by atomic mass is 10.1. The molecule has 0 atom stereocenters. The Morgan fingerprint density at radius 1 is 1.07 bits per heavy atom. The minimum absolute atomic E-state index is 0.0117. The number of carbonyl (C=O) groups is 3. The van der Waals surface area contributed by atoms with Crippen LogP contribution < -0.4 is 5.32 Å². The van der Waals surface area contributed by atoms with Crippen LogP contribution >= 0.6 is 0 Å². The molecule has 3 rings (SSSR count). The first kappa shape index (κ1) is 19.7. The van der Waals surface area contributed by atoms with Gasteiger partial charge in [0.25, 0.3) is 11.8 Å². The second kappa shape index (κ2) is 7.51. The maximum atomic E-state index is 12.9. The number of hydrogen-bond donors (Lipinski definition) is 1. The highest BCUT2D eigenvalue weighted by molar-refractivity contribution is 7.91. The summed E-state index contributed by atoms with van der Waals surface area (Å²) in [5, 5.41) is 2.56. The van der Waals surface area contributed by atoms with Crippen LogP contribution in [0.4, 0.5) is 10.1 Å². The zero-order valence-electron chi connectivity index (χ0n) is 14.9. The van der Waals surface area contributed by atoms with Crippen molar-refractivity contribution in [1.29, 1.82) is 0 Å². The van der Waals surface area contributed by atoms with E-state index in [-0.39, 0.29) is 40.3 Å². The average Bonchev–Trinajstić information content (AvgIpc) is 2.87. The van der Waals surface area contributed by atoms with Crippen molar-refractivity contribution in [3.8, 4) is 0 Å². The molecule has 1 N–H and O–H groups in total. The number of amides is 3. The van der Waals surface area contributed by atoms with Gasteiger partial charge in [-0.1, -0.05) is 6.07 Å². The van der Waals surface area contributed by atoms with Gasteiger partial charge in [0.1, 0.15) is 5.82 Å². The number of nitrogens with zero attached hydrogens (tertiary/aromatic N) is 1. The molecule has 9 heteroatoms. The molecular formula is C19H17FN2O5S. The smallest absolute Gasteiger partial charge is 0.263 e. The van der Waals surface area contributed by atoms with E-state index in [1.54, 1.807) is 6.07 Å². The van der Waals surface area contributed by atoms with Crippen LogP contribution in [0.1, 0.15) is 33.6 Å². The number of imide groups is 1. The molecule has 0 aromatic heterocycles. The molecule has 146 valence electrons. The van der Waals surface area contributed by atoms with Crippen molar-refractivity contribution in [2.24, 2.45) is 0 Å². The summed E-state index contributed by atoms with van der Waals surface area (Å²) in [5.41, 5.74) is 0.554. The monoisotopic (exact) mass is 404 g/mol. The van der Waals surface area contributed by atoms with Crippen LogP contribution in [0, 0.1) is 5.82 Å². The molecule has 2 aromatic rings. The molecule has 0 saturated heterocycles. The van der Waals surface area contributed by atoms with Gasteiger partial charge in [0.15, 0.2) is 9.84 Å². The molecule has 0 unspecified atom stereocenters. The highest BCUT2D eigenvalue weighted by atomic mass is 32.2. The molecule has 1 aliphatic heterocycles. The van der Waals surface area contributed by atoms with Gasteiger partial charge in [0.05, 0.1) is 27.5 Å². The van der Waals surface area contributed by atoms with Gasteiger partial charge < -0.3 is 5.32 Å². The largest absolute Gasteiger partial charge is 0.325 e. The molecule has 0 spiro atoms. The van der Waals surface area contributed by atoms with Crippen molar-refractivity contribution in [2.75, 3.05) is 18.1 Å². The molecule has 1 heterocycles. The zero-order valence-corrected chi connectivity index (χ0v) is 15.8. The molecule has 0 radical (unpaired) electrons. The van der Waals surface area contributed by atoms with Gasteiger partial charge in [-0.15, -0.1) is 0 Å². The van der Waals surface area contributed by atoms with Crippen LogP contribution in [0.5, 0.6) is 0 Å². The highest BCUT2D eigenvalue weighted by Crippen LogP contribution is 2.28. The van der Waals surface area contributed by atoms with Crippen molar-refractivity contribution in [1.82, 2.24) is 4.90 Å². The van der Waals surface area contributed by atoms with Crippen LogP contribution in [0.2, 0.25) is 0 Å². The van der Waals surface area contributed by atoms with Gasteiger partial charge >= 0.3 is 0 Å². The summed E-state index contributed by atoms with van der Waals surface area (Å²) in [6.45, 7) is 0. The third kappa shape index (κ3) is 3.79. The van der Waals surface area contributed by atoms with Gasteiger partial charge in [0.2, 0.25) is 5.91 Å². The van der Waals surface area contributed by atoms with Crippen molar-refractivity contribution in [3.63, 3.8) is 0 Å². The lowest BCUT2D eigenvalue weighted by molar-refractivity contribution is -0.116. The zero-order chi connectivity index (χ0) is 20.5. The van der Waals surface area contributed by atoms with E-state index in [1.165, 1.54) is 31.3 Å². The molecular weight excluding hydrogens is 387 g/mol. The van der Waals surface area contributed by atoms with Crippen LogP contribution in [0.25, 0.3) is 0 Å². The van der Waals surface area contributed by atoms with E-state index in [1.807, 2.05) is 0 Å². The third-order valence-electron chi connectivity index (χ3n) is 4.38. The van der Waals surface area contributed by atoms with Gasteiger partial charge in [0, 0.05) is 13.5 Å². The van der Waals surface area contributed by atoms with Gasteiger partial charge in [-0.3, -0.25) is 19.3 Å². The van der Waals surface area contributed by atoms with Crippen molar-refractivity contribution in [3.05, 3.63) is 59.4 Å². The summed E-state index contributed by atoms with van der Waals surface area (Å²) in [6.07, 6.45) is -0.0462. The predicted molar refractivity (Wildman–Crippen MR) is 99.2 cm³/mol. The molecule has 2 aromatic carbocycles. The summed E-state index contributed by atoms with van der Waals surface area (Å²) in [7, 11) is -2.27. The number of nitrogens with one attached hydrogen (secondary N) is 1. The van der Waals surface area contributed by atoms with Crippen molar-refractivity contribution < 1.29 is 27.2 Å². The standard InChI is InChI=1S/C19H17FN2O5S/c1-22-18(24)14-4-2-5-15(17(14)19(22)25)21-16(23)6-3-11-28(26,27)13-9-7-12(20)8-10-13/h2,4-5,7-10H,3,6,11H2,1H3,(H,21,23). The Hall–Kier alpha value is -3.07. The normalized spacial score (nSPS) is 13.6. The Morgan fingerprint density at radius 3 is 2.43 bits per heavy atom. The topological polar surface area (TPSA) is 101 Å². The first-order valence-electron chi connectivity index (χ1n) is 8.44. The Morgan fingerprint density at radius 2 is 1.75 bits per heavy atom. The molecule has 0 aliphatic carbocycles. The van der Waals surface area contributed by atoms with E-state index >= 15 is 0 Å². The summed E-state index contributed by atoms with van der Waals surface area (Å²) in [5.74, 6) is -2.24. The second-order valence-electron chi connectivity index (χ2n) is 6.32. The molecule has 0 fully saturated rings. The number of hydrogen-bond acceptors (Lipinski definition) is 5. The molecule has 7 nitrogen and oxygen atoms in total. The Balaban J connectivity index is 1.63. The van der Waals surface area contributed by atoms with Crippen LogP contribution in [0.15, 0.2) is 47.4 Å². The Labute approximate surface area is 161 Å². The SMILES string of the molecule is CN1C(=O)c2cccc(NC(=O)CCCS(=O)(=O)c3ccc(F)cc3)c2C1=O. The number of carbonyl (C=O) groups excluding carboxylic acids is 3.